The second-order valence-electron chi connectivity index (χ2n) is 3.70. The van der Waals surface area contributed by atoms with E-state index in [4.69, 9.17) is 0 Å². The number of nitrogens with zero attached hydrogens (tertiary/aromatic N) is 3. The van der Waals surface area contributed by atoms with E-state index in [2.05, 4.69) is 20.3 Å². The number of hydrogen-bond acceptors (Lipinski definition) is 5. The molecular formula is C11H13N5O2. The number of H-pyrrole nitrogens is 1. The minimum absolute atomic E-state index is 0.112. The van der Waals surface area contributed by atoms with Gasteiger partial charge in [0, 0.05) is 12.7 Å². The van der Waals surface area contributed by atoms with E-state index < -0.39 is 4.92 Å². The number of anilines is 1. The van der Waals surface area contributed by atoms with Crippen molar-refractivity contribution in [2.75, 3.05) is 11.9 Å². The molecule has 0 unspecified atom stereocenters. The van der Waals surface area contributed by atoms with E-state index in [1.54, 1.807) is 18.3 Å². The number of aromatic amines is 1. The Kier molecular flexibility index (Phi) is 3.52. The summed E-state index contributed by atoms with van der Waals surface area (Å²) in [6.45, 7) is 2.74. The van der Waals surface area contributed by atoms with Crippen molar-refractivity contribution in [2.45, 2.75) is 13.3 Å². The topological polar surface area (TPSA) is 96.7 Å². The zero-order valence-electron chi connectivity index (χ0n) is 9.88. The molecule has 2 aromatic heterocycles. The third kappa shape index (κ3) is 2.45. The third-order valence-electron chi connectivity index (χ3n) is 2.35. The fourth-order valence-electron chi connectivity index (χ4n) is 1.51. The molecule has 0 saturated carbocycles. The molecule has 0 aliphatic rings. The number of aromatic nitrogens is 3. The second-order valence-corrected chi connectivity index (χ2v) is 3.70. The van der Waals surface area contributed by atoms with Crippen molar-refractivity contribution in [1.82, 2.24) is 15.0 Å². The molecule has 2 aromatic rings. The maximum atomic E-state index is 10.9. The summed E-state index contributed by atoms with van der Waals surface area (Å²) in [5.74, 6) is 0.395. The lowest BCUT2D eigenvalue weighted by Gasteiger charge is -2.05. The van der Waals surface area contributed by atoms with Gasteiger partial charge in [-0.15, -0.1) is 0 Å². The quantitative estimate of drug-likeness (QED) is 0.623. The van der Waals surface area contributed by atoms with E-state index in [0.29, 0.717) is 17.3 Å². The highest BCUT2D eigenvalue weighted by atomic mass is 16.6. The maximum Gasteiger partial charge on any atom is 0.315 e. The molecule has 0 saturated heterocycles. The van der Waals surface area contributed by atoms with Crippen LogP contribution in [-0.4, -0.2) is 26.4 Å². The standard InChI is InChI=1S/C11H13N5O2/c1-2-5-13-11-14-7-9(16(17)18)10(15-11)8-4-3-6-12-8/h3-4,6-7,12H,2,5H2,1H3,(H,13,14,15). The first-order chi connectivity index (χ1) is 8.72. The molecule has 0 atom stereocenters. The monoisotopic (exact) mass is 247 g/mol. The predicted molar refractivity (Wildman–Crippen MR) is 67.3 cm³/mol. The van der Waals surface area contributed by atoms with Gasteiger partial charge in [-0.1, -0.05) is 6.92 Å². The summed E-state index contributed by atoms with van der Waals surface area (Å²) in [6, 6.07) is 3.50. The van der Waals surface area contributed by atoms with Crippen molar-refractivity contribution in [1.29, 1.82) is 0 Å². The van der Waals surface area contributed by atoms with Crippen molar-refractivity contribution in [2.24, 2.45) is 0 Å². The Balaban J connectivity index is 2.42. The Labute approximate surface area is 103 Å². The normalized spacial score (nSPS) is 10.3. The summed E-state index contributed by atoms with van der Waals surface area (Å²) in [6.07, 6.45) is 3.85. The zero-order chi connectivity index (χ0) is 13.0. The number of rotatable bonds is 5. The third-order valence-corrected chi connectivity index (χ3v) is 2.35. The fourth-order valence-corrected chi connectivity index (χ4v) is 1.51. The number of hydrogen-bond donors (Lipinski definition) is 2. The van der Waals surface area contributed by atoms with E-state index in [0.717, 1.165) is 13.0 Å². The minimum atomic E-state index is -0.486. The maximum absolute atomic E-state index is 10.9. The predicted octanol–water partition coefficient (Wildman–Crippen LogP) is 2.20. The summed E-state index contributed by atoms with van der Waals surface area (Å²) in [5.41, 5.74) is 0.779. The van der Waals surface area contributed by atoms with Gasteiger partial charge in [0.1, 0.15) is 6.20 Å². The first-order valence-electron chi connectivity index (χ1n) is 5.61. The van der Waals surface area contributed by atoms with Crippen LogP contribution in [0.2, 0.25) is 0 Å². The van der Waals surface area contributed by atoms with Gasteiger partial charge in [0.2, 0.25) is 5.95 Å². The lowest BCUT2D eigenvalue weighted by Crippen LogP contribution is -2.06. The average molecular weight is 247 g/mol. The molecule has 0 aliphatic heterocycles. The van der Waals surface area contributed by atoms with Crippen LogP contribution in [0.25, 0.3) is 11.4 Å². The largest absolute Gasteiger partial charge is 0.360 e. The van der Waals surface area contributed by atoms with Crippen molar-refractivity contribution >= 4 is 11.6 Å². The molecule has 2 heterocycles. The van der Waals surface area contributed by atoms with Crippen LogP contribution in [0.15, 0.2) is 24.5 Å². The van der Waals surface area contributed by atoms with Crippen LogP contribution < -0.4 is 5.32 Å². The molecule has 0 spiro atoms. The molecule has 2 rings (SSSR count). The van der Waals surface area contributed by atoms with Crippen molar-refractivity contribution < 1.29 is 4.92 Å². The molecule has 0 bridgehead atoms. The highest BCUT2D eigenvalue weighted by Gasteiger charge is 2.19. The van der Waals surface area contributed by atoms with Crippen LogP contribution in [0.3, 0.4) is 0 Å². The first kappa shape index (κ1) is 12.0. The van der Waals surface area contributed by atoms with E-state index in [1.807, 2.05) is 6.92 Å². The van der Waals surface area contributed by atoms with Gasteiger partial charge >= 0.3 is 5.69 Å². The van der Waals surface area contributed by atoms with Gasteiger partial charge in [-0.05, 0) is 18.6 Å². The molecule has 94 valence electrons. The smallest absolute Gasteiger partial charge is 0.315 e. The SMILES string of the molecule is CCCNc1ncc([N+](=O)[O-])c(-c2ccc[nH]2)n1. The molecule has 7 nitrogen and oxygen atoms in total. The first-order valence-corrected chi connectivity index (χ1v) is 5.61. The molecule has 7 heteroatoms. The lowest BCUT2D eigenvalue weighted by molar-refractivity contribution is -0.384. The van der Waals surface area contributed by atoms with Gasteiger partial charge < -0.3 is 10.3 Å². The molecule has 2 N–H and O–H groups in total. The summed E-state index contributed by atoms with van der Waals surface area (Å²) in [5, 5.41) is 13.9. The summed E-state index contributed by atoms with van der Waals surface area (Å²) in [7, 11) is 0. The molecule has 18 heavy (non-hydrogen) atoms. The van der Waals surface area contributed by atoms with Crippen LogP contribution in [0, 0.1) is 10.1 Å². The van der Waals surface area contributed by atoms with E-state index in [9.17, 15) is 10.1 Å². The summed E-state index contributed by atoms with van der Waals surface area (Å²) >= 11 is 0. The van der Waals surface area contributed by atoms with Gasteiger partial charge in [-0.25, -0.2) is 9.97 Å². The summed E-state index contributed by atoms with van der Waals surface area (Å²) in [4.78, 5) is 21.5. The van der Waals surface area contributed by atoms with E-state index in [-0.39, 0.29) is 5.69 Å². The Morgan fingerprint density at radius 1 is 1.56 bits per heavy atom. The Morgan fingerprint density at radius 2 is 2.39 bits per heavy atom. The minimum Gasteiger partial charge on any atom is -0.360 e. The van der Waals surface area contributed by atoms with E-state index >= 15 is 0 Å². The molecule has 0 amide bonds. The molecular weight excluding hydrogens is 234 g/mol. The Bertz CT molecular complexity index is 538. The van der Waals surface area contributed by atoms with Crippen LogP contribution in [-0.2, 0) is 0 Å². The van der Waals surface area contributed by atoms with Gasteiger partial charge in [0.05, 0.1) is 10.6 Å². The van der Waals surface area contributed by atoms with Crippen LogP contribution in [0.4, 0.5) is 11.6 Å². The highest BCUT2D eigenvalue weighted by Crippen LogP contribution is 2.26. The molecule has 0 fully saturated rings. The highest BCUT2D eigenvalue weighted by molar-refractivity contribution is 5.66. The average Bonchev–Trinajstić information content (AvgIpc) is 2.89. The lowest BCUT2D eigenvalue weighted by atomic mass is 10.2. The Hall–Kier alpha value is -2.44. The fraction of sp³-hybridized carbons (Fsp3) is 0.273. The van der Waals surface area contributed by atoms with Gasteiger partial charge in [-0.2, -0.15) is 0 Å². The van der Waals surface area contributed by atoms with Crippen molar-refractivity contribution in [3.63, 3.8) is 0 Å². The van der Waals surface area contributed by atoms with Gasteiger partial charge in [0.25, 0.3) is 0 Å². The van der Waals surface area contributed by atoms with Crippen LogP contribution in [0.5, 0.6) is 0 Å². The second kappa shape index (κ2) is 5.26. The number of nitro groups is 1. The van der Waals surface area contributed by atoms with Gasteiger partial charge in [-0.3, -0.25) is 10.1 Å². The van der Waals surface area contributed by atoms with Crippen molar-refractivity contribution in [3.05, 3.63) is 34.6 Å². The molecule has 0 aromatic carbocycles. The van der Waals surface area contributed by atoms with Crippen LogP contribution >= 0.6 is 0 Å². The van der Waals surface area contributed by atoms with Crippen LogP contribution in [0.1, 0.15) is 13.3 Å². The van der Waals surface area contributed by atoms with Crippen molar-refractivity contribution in [3.8, 4) is 11.4 Å². The Morgan fingerprint density at radius 3 is 3.00 bits per heavy atom. The molecule has 0 radical (unpaired) electrons. The molecule has 0 aliphatic carbocycles. The summed E-state index contributed by atoms with van der Waals surface area (Å²) < 4.78 is 0. The zero-order valence-corrected chi connectivity index (χ0v) is 9.88. The van der Waals surface area contributed by atoms with Gasteiger partial charge in [0.15, 0.2) is 5.69 Å². The van der Waals surface area contributed by atoms with E-state index in [1.165, 1.54) is 6.20 Å². The number of nitrogens with one attached hydrogen (secondary N) is 2.